The largest absolute Gasteiger partial charge is 0.446 e. The van der Waals surface area contributed by atoms with E-state index in [9.17, 15) is 9.59 Å². The summed E-state index contributed by atoms with van der Waals surface area (Å²) in [6.45, 7) is 12.8. The smallest absolute Gasteiger partial charge is 0.407 e. The van der Waals surface area contributed by atoms with Crippen LogP contribution in [-0.2, 0) is 9.53 Å². The zero-order chi connectivity index (χ0) is 22.4. The highest BCUT2D eigenvalue weighted by molar-refractivity contribution is 6.29. The first-order chi connectivity index (χ1) is 13.5. The predicted molar refractivity (Wildman–Crippen MR) is 120 cm³/mol. The van der Waals surface area contributed by atoms with Crippen LogP contribution in [0.15, 0.2) is 23.4 Å². The fourth-order valence-electron chi connectivity index (χ4n) is 2.47. The molecule has 0 unspecified atom stereocenters. The second-order valence-corrected chi connectivity index (χ2v) is 8.99. The molecule has 0 aliphatic carbocycles. The quantitative estimate of drug-likeness (QED) is 0.355. The molecule has 8 heteroatoms. The Hall–Kier alpha value is -1.57. The molecule has 0 aliphatic rings. The van der Waals surface area contributed by atoms with E-state index in [2.05, 4.69) is 16.0 Å². The summed E-state index contributed by atoms with van der Waals surface area (Å²) in [7, 11) is 0. The zero-order valence-electron chi connectivity index (χ0n) is 18.7. The monoisotopic (exact) mass is 430 g/mol. The third-order valence-electron chi connectivity index (χ3n) is 3.96. The Kier molecular flexibility index (Phi) is 13.6. The van der Waals surface area contributed by atoms with E-state index < -0.39 is 6.09 Å². The lowest BCUT2D eigenvalue weighted by Gasteiger charge is -2.31. The van der Waals surface area contributed by atoms with Crippen molar-refractivity contribution in [1.29, 1.82) is 0 Å². The van der Waals surface area contributed by atoms with Crippen LogP contribution in [0.25, 0.3) is 0 Å². The van der Waals surface area contributed by atoms with E-state index in [1.54, 1.807) is 25.3 Å². The van der Waals surface area contributed by atoms with E-state index in [1.165, 1.54) is 0 Å². The summed E-state index contributed by atoms with van der Waals surface area (Å²) in [6.07, 6.45) is 5.92. The Morgan fingerprint density at radius 2 is 1.86 bits per heavy atom. The van der Waals surface area contributed by atoms with Gasteiger partial charge in [-0.2, -0.15) is 0 Å². The molecule has 0 heterocycles. The summed E-state index contributed by atoms with van der Waals surface area (Å²) in [5.41, 5.74) is 5.19. The van der Waals surface area contributed by atoms with Gasteiger partial charge in [0, 0.05) is 30.5 Å². The molecule has 0 radical (unpaired) electrons. The maximum Gasteiger partial charge on any atom is 0.407 e. The lowest BCUT2D eigenvalue weighted by Crippen LogP contribution is -2.52. The van der Waals surface area contributed by atoms with Gasteiger partial charge < -0.3 is 26.4 Å². The molecule has 0 aliphatic heterocycles. The van der Waals surface area contributed by atoms with Crippen LogP contribution in [0.2, 0.25) is 0 Å². The van der Waals surface area contributed by atoms with Crippen LogP contribution in [-0.4, -0.2) is 43.3 Å². The fraction of sp³-hybridized carbons (Fsp3) is 0.714. The summed E-state index contributed by atoms with van der Waals surface area (Å²) in [5, 5.41) is 9.41. The number of amides is 2. The van der Waals surface area contributed by atoms with Gasteiger partial charge in [0.1, 0.15) is 6.10 Å². The first kappa shape index (κ1) is 27.4. The van der Waals surface area contributed by atoms with Gasteiger partial charge in [-0.3, -0.25) is 4.79 Å². The van der Waals surface area contributed by atoms with Crippen LogP contribution in [0.4, 0.5) is 4.79 Å². The van der Waals surface area contributed by atoms with Crippen molar-refractivity contribution in [3.05, 3.63) is 23.4 Å². The number of ether oxygens (including phenoxy) is 1. The SMILES string of the molecule is C/C(Cl)=C\C[C@@H](C/C=C\NC(=O)[C@@H](NC(C)C)C(C)(C)C)OC(=O)NCCCN. The third kappa shape index (κ3) is 14.1. The number of nitrogens with one attached hydrogen (secondary N) is 3. The van der Waals surface area contributed by atoms with E-state index in [0.717, 1.165) is 0 Å². The lowest BCUT2D eigenvalue weighted by atomic mass is 9.85. The van der Waals surface area contributed by atoms with Crippen LogP contribution in [0.5, 0.6) is 0 Å². The highest BCUT2D eigenvalue weighted by Crippen LogP contribution is 2.20. The summed E-state index contributed by atoms with van der Waals surface area (Å²) in [6, 6.07) is -0.135. The molecule has 168 valence electrons. The molecular weight excluding hydrogens is 392 g/mol. The van der Waals surface area contributed by atoms with Gasteiger partial charge in [-0.25, -0.2) is 4.79 Å². The number of carbonyl (C=O) groups excluding carboxylic acids is 2. The molecule has 0 spiro atoms. The molecule has 0 aromatic rings. The van der Waals surface area contributed by atoms with Gasteiger partial charge in [-0.15, -0.1) is 0 Å². The zero-order valence-corrected chi connectivity index (χ0v) is 19.4. The van der Waals surface area contributed by atoms with Gasteiger partial charge in [-0.05, 0) is 31.5 Å². The average Bonchev–Trinajstić information content (AvgIpc) is 2.59. The number of rotatable bonds is 12. The van der Waals surface area contributed by atoms with E-state index >= 15 is 0 Å². The van der Waals surface area contributed by atoms with Crippen molar-refractivity contribution < 1.29 is 14.3 Å². The van der Waals surface area contributed by atoms with Crippen molar-refractivity contribution in [2.24, 2.45) is 11.1 Å². The molecule has 0 saturated heterocycles. The molecule has 5 N–H and O–H groups in total. The second kappa shape index (κ2) is 14.4. The minimum atomic E-state index is -0.490. The Morgan fingerprint density at radius 1 is 1.21 bits per heavy atom. The Morgan fingerprint density at radius 3 is 2.38 bits per heavy atom. The van der Waals surface area contributed by atoms with Gasteiger partial charge in [0.05, 0.1) is 6.04 Å². The van der Waals surface area contributed by atoms with Gasteiger partial charge in [0.25, 0.3) is 0 Å². The first-order valence-electron chi connectivity index (χ1n) is 10.2. The lowest BCUT2D eigenvalue weighted by molar-refractivity contribution is -0.124. The summed E-state index contributed by atoms with van der Waals surface area (Å²) < 4.78 is 5.44. The van der Waals surface area contributed by atoms with Crippen LogP contribution < -0.4 is 21.7 Å². The van der Waals surface area contributed by atoms with Crippen LogP contribution in [0.3, 0.4) is 0 Å². The number of halogens is 1. The molecule has 7 nitrogen and oxygen atoms in total. The minimum absolute atomic E-state index is 0.101. The van der Waals surface area contributed by atoms with Crippen molar-refractivity contribution >= 4 is 23.6 Å². The van der Waals surface area contributed by atoms with Crippen LogP contribution in [0.1, 0.15) is 60.8 Å². The van der Waals surface area contributed by atoms with E-state index in [0.29, 0.717) is 37.4 Å². The number of carbonyl (C=O) groups is 2. The fourth-order valence-corrected chi connectivity index (χ4v) is 2.56. The highest BCUT2D eigenvalue weighted by atomic mass is 35.5. The molecule has 0 aromatic heterocycles. The van der Waals surface area contributed by atoms with Crippen molar-refractivity contribution in [3.63, 3.8) is 0 Å². The van der Waals surface area contributed by atoms with Crippen molar-refractivity contribution in [1.82, 2.24) is 16.0 Å². The summed E-state index contributed by atoms with van der Waals surface area (Å²) >= 11 is 5.89. The number of alkyl carbamates (subject to hydrolysis) is 1. The number of hydrogen-bond acceptors (Lipinski definition) is 5. The predicted octanol–water partition coefficient (Wildman–Crippen LogP) is 3.40. The highest BCUT2D eigenvalue weighted by Gasteiger charge is 2.31. The molecular formula is C21H39ClN4O3. The van der Waals surface area contributed by atoms with E-state index in [4.69, 9.17) is 22.1 Å². The first-order valence-corrected chi connectivity index (χ1v) is 10.5. The minimum Gasteiger partial charge on any atom is -0.446 e. The molecule has 0 saturated carbocycles. The van der Waals surface area contributed by atoms with Crippen molar-refractivity contribution in [2.45, 2.75) is 79.0 Å². The molecule has 2 amide bonds. The van der Waals surface area contributed by atoms with E-state index in [-0.39, 0.29) is 29.5 Å². The maximum atomic E-state index is 12.6. The summed E-state index contributed by atoms with van der Waals surface area (Å²) in [5.74, 6) is -0.101. The molecule has 0 bridgehead atoms. The number of nitrogens with two attached hydrogens (primary N) is 1. The van der Waals surface area contributed by atoms with Gasteiger partial charge >= 0.3 is 6.09 Å². The summed E-state index contributed by atoms with van der Waals surface area (Å²) in [4.78, 5) is 24.4. The molecule has 0 aromatic carbocycles. The topological polar surface area (TPSA) is 105 Å². The molecule has 29 heavy (non-hydrogen) atoms. The normalized spacial score (nSPS) is 14.7. The van der Waals surface area contributed by atoms with Crippen molar-refractivity contribution in [3.8, 4) is 0 Å². The van der Waals surface area contributed by atoms with Gasteiger partial charge in [0.15, 0.2) is 0 Å². The maximum absolute atomic E-state index is 12.6. The van der Waals surface area contributed by atoms with Crippen LogP contribution >= 0.6 is 11.6 Å². The molecule has 2 atom stereocenters. The van der Waals surface area contributed by atoms with Gasteiger partial charge in [-0.1, -0.05) is 58.4 Å². The Labute approximate surface area is 180 Å². The average molecular weight is 431 g/mol. The standard InChI is InChI=1S/C21H39ClN4O3/c1-15(2)26-18(21(4,5)6)19(27)24-13-7-9-17(11-10-16(3)22)29-20(28)25-14-8-12-23/h7,10,13,15,17-18,26H,8-9,11-12,14,23H2,1-6H3,(H,24,27)(H,25,28)/b13-7-,16-10+/t17-,18-/m1/s1. The Bertz CT molecular complexity index is 553. The Balaban J connectivity index is 4.78. The van der Waals surface area contributed by atoms with Gasteiger partial charge in [0.2, 0.25) is 5.91 Å². The number of hydrogen-bond donors (Lipinski definition) is 4. The van der Waals surface area contributed by atoms with Crippen LogP contribution in [0, 0.1) is 5.41 Å². The number of allylic oxidation sites excluding steroid dienone is 1. The van der Waals surface area contributed by atoms with Crippen molar-refractivity contribution in [2.75, 3.05) is 13.1 Å². The molecule has 0 fully saturated rings. The van der Waals surface area contributed by atoms with E-state index in [1.807, 2.05) is 34.6 Å². The molecule has 0 rings (SSSR count). The second-order valence-electron chi connectivity index (χ2n) is 8.39. The third-order valence-corrected chi connectivity index (χ3v) is 4.11.